The Morgan fingerprint density at radius 2 is 2.06 bits per heavy atom. The van der Waals surface area contributed by atoms with Crippen molar-refractivity contribution in [3.63, 3.8) is 0 Å². The van der Waals surface area contributed by atoms with E-state index in [9.17, 15) is 9.90 Å². The monoisotopic (exact) mass is 234 g/mol. The predicted octanol–water partition coefficient (Wildman–Crippen LogP) is 1.43. The smallest absolute Gasteiger partial charge is 0.161 e. The highest BCUT2D eigenvalue weighted by Crippen LogP contribution is 2.24. The number of ketones is 1. The van der Waals surface area contributed by atoms with Gasteiger partial charge in [-0.2, -0.15) is 0 Å². The van der Waals surface area contributed by atoms with Gasteiger partial charge in [-0.1, -0.05) is 0 Å². The SMILES string of the molecule is CC(=O)c1cc(N2CCC(O)CC2)ccc1N. The average Bonchev–Trinajstić information content (AvgIpc) is 2.30. The van der Waals surface area contributed by atoms with Crippen LogP contribution in [-0.4, -0.2) is 30.1 Å². The second kappa shape index (κ2) is 4.75. The van der Waals surface area contributed by atoms with Crippen LogP contribution >= 0.6 is 0 Å². The number of nitrogens with two attached hydrogens (primary N) is 1. The lowest BCUT2D eigenvalue weighted by Gasteiger charge is -2.31. The van der Waals surface area contributed by atoms with E-state index in [2.05, 4.69) is 4.90 Å². The summed E-state index contributed by atoms with van der Waals surface area (Å²) < 4.78 is 0. The zero-order chi connectivity index (χ0) is 12.4. The maximum atomic E-state index is 11.4. The second-order valence-corrected chi connectivity index (χ2v) is 4.55. The molecule has 17 heavy (non-hydrogen) atoms. The molecule has 0 atom stereocenters. The van der Waals surface area contributed by atoms with Gasteiger partial charge in [-0.25, -0.2) is 0 Å². The Bertz CT molecular complexity index is 423. The topological polar surface area (TPSA) is 66.6 Å². The largest absolute Gasteiger partial charge is 0.398 e. The van der Waals surface area contributed by atoms with E-state index in [0.717, 1.165) is 31.6 Å². The highest BCUT2D eigenvalue weighted by atomic mass is 16.3. The fourth-order valence-corrected chi connectivity index (χ4v) is 2.17. The Morgan fingerprint density at radius 3 is 2.65 bits per heavy atom. The maximum absolute atomic E-state index is 11.4. The summed E-state index contributed by atoms with van der Waals surface area (Å²) in [6.45, 7) is 3.17. The lowest BCUT2D eigenvalue weighted by molar-refractivity contribution is 0.101. The van der Waals surface area contributed by atoms with E-state index in [4.69, 9.17) is 5.73 Å². The van der Waals surface area contributed by atoms with E-state index in [0.29, 0.717) is 11.3 Å². The summed E-state index contributed by atoms with van der Waals surface area (Å²) in [7, 11) is 0. The highest BCUT2D eigenvalue weighted by Gasteiger charge is 2.18. The lowest BCUT2D eigenvalue weighted by atomic mass is 10.0. The molecule has 0 spiro atoms. The van der Waals surface area contributed by atoms with Gasteiger partial charge < -0.3 is 15.7 Å². The van der Waals surface area contributed by atoms with Gasteiger partial charge in [0.05, 0.1) is 6.10 Å². The number of carbonyl (C=O) groups is 1. The van der Waals surface area contributed by atoms with Crippen LogP contribution in [0.1, 0.15) is 30.1 Å². The molecule has 4 nitrogen and oxygen atoms in total. The molecule has 0 aliphatic carbocycles. The number of hydrogen-bond donors (Lipinski definition) is 2. The zero-order valence-corrected chi connectivity index (χ0v) is 10.0. The van der Waals surface area contributed by atoms with Crippen LogP contribution in [0.2, 0.25) is 0 Å². The van der Waals surface area contributed by atoms with Gasteiger partial charge in [-0.05, 0) is 38.0 Å². The summed E-state index contributed by atoms with van der Waals surface area (Å²) in [4.78, 5) is 13.6. The molecule has 1 fully saturated rings. The van der Waals surface area contributed by atoms with Crippen molar-refractivity contribution in [1.29, 1.82) is 0 Å². The van der Waals surface area contributed by atoms with E-state index >= 15 is 0 Å². The van der Waals surface area contributed by atoms with Gasteiger partial charge in [0.2, 0.25) is 0 Å². The van der Waals surface area contributed by atoms with Gasteiger partial charge in [-0.15, -0.1) is 0 Å². The number of benzene rings is 1. The molecule has 0 unspecified atom stereocenters. The number of anilines is 2. The Morgan fingerprint density at radius 1 is 1.41 bits per heavy atom. The fraction of sp³-hybridized carbons (Fsp3) is 0.462. The molecule has 1 heterocycles. The van der Waals surface area contributed by atoms with Crippen molar-refractivity contribution in [1.82, 2.24) is 0 Å². The van der Waals surface area contributed by atoms with Gasteiger partial charge in [0.1, 0.15) is 0 Å². The normalized spacial score (nSPS) is 17.2. The molecule has 1 saturated heterocycles. The molecule has 1 aliphatic rings. The molecule has 2 rings (SSSR count). The first-order chi connectivity index (χ1) is 8.08. The van der Waals surface area contributed by atoms with E-state index < -0.39 is 0 Å². The van der Waals surface area contributed by atoms with E-state index in [-0.39, 0.29) is 11.9 Å². The number of hydrogen-bond acceptors (Lipinski definition) is 4. The number of aliphatic hydroxyl groups excluding tert-OH is 1. The number of carbonyl (C=O) groups excluding carboxylic acids is 1. The van der Waals surface area contributed by atoms with Crippen molar-refractivity contribution >= 4 is 17.2 Å². The van der Waals surface area contributed by atoms with Crippen LogP contribution in [0.15, 0.2) is 18.2 Å². The second-order valence-electron chi connectivity index (χ2n) is 4.55. The molecular weight excluding hydrogens is 216 g/mol. The van der Waals surface area contributed by atoms with Crippen LogP contribution in [-0.2, 0) is 0 Å². The van der Waals surface area contributed by atoms with E-state index in [1.807, 2.05) is 12.1 Å². The molecule has 0 radical (unpaired) electrons. The number of rotatable bonds is 2. The fourth-order valence-electron chi connectivity index (χ4n) is 2.17. The summed E-state index contributed by atoms with van der Waals surface area (Å²) >= 11 is 0. The quantitative estimate of drug-likeness (QED) is 0.600. The van der Waals surface area contributed by atoms with Gasteiger partial charge in [0.25, 0.3) is 0 Å². The van der Waals surface area contributed by atoms with Crippen molar-refractivity contribution in [2.75, 3.05) is 23.7 Å². The van der Waals surface area contributed by atoms with Crippen molar-refractivity contribution < 1.29 is 9.90 Å². The minimum Gasteiger partial charge on any atom is -0.398 e. The lowest BCUT2D eigenvalue weighted by Crippen LogP contribution is -2.35. The molecule has 3 N–H and O–H groups in total. The third-order valence-electron chi connectivity index (χ3n) is 3.25. The maximum Gasteiger partial charge on any atom is 0.161 e. The average molecular weight is 234 g/mol. The van der Waals surface area contributed by atoms with Crippen molar-refractivity contribution in [3.05, 3.63) is 23.8 Å². The molecule has 0 bridgehead atoms. The van der Waals surface area contributed by atoms with Gasteiger partial charge in [0.15, 0.2) is 5.78 Å². The predicted molar refractivity (Wildman–Crippen MR) is 68.3 cm³/mol. The molecule has 4 heteroatoms. The van der Waals surface area contributed by atoms with Gasteiger partial charge in [0, 0.05) is 30.0 Å². The number of aliphatic hydroxyl groups is 1. The minimum atomic E-state index is -0.188. The zero-order valence-electron chi connectivity index (χ0n) is 10.0. The van der Waals surface area contributed by atoms with E-state index in [1.165, 1.54) is 6.92 Å². The number of piperidine rings is 1. The molecule has 0 amide bonds. The number of nitrogens with zero attached hydrogens (tertiary/aromatic N) is 1. The Balaban J connectivity index is 2.21. The van der Waals surface area contributed by atoms with Crippen LogP contribution in [0.25, 0.3) is 0 Å². The van der Waals surface area contributed by atoms with Crippen LogP contribution < -0.4 is 10.6 Å². The summed E-state index contributed by atoms with van der Waals surface area (Å²) in [5, 5.41) is 9.46. The third-order valence-corrected chi connectivity index (χ3v) is 3.25. The van der Waals surface area contributed by atoms with Gasteiger partial charge in [-0.3, -0.25) is 4.79 Å². The molecular formula is C13H18N2O2. The van der Waals surface area contributed by atoms with E-state index in [1.54, 1.807) is 6.07 Å². The van der Waals surface area contributed by atoms with Crippen molar-refractivity contribution in [2.24, 2.45) is 0 Å². The summed E-state index contributed by atoms with van der Waals surface area (Å²) in [6, 6.07) is 5.55. The van der Waals surface area contributed by atoms with Crippen LogP contribution in [0.5, 0.6) is 0 Å². The molecule has 1 aliphatic heterocycles. The minimum absolute atomic E-state index is 0.0126. The number of Topliss-reactive ketones (excluding diaryl/α,β-unsaturated/α-hetero) is 1. The standard InChI is InChI=1S/C13H18N2O2/c1-9(16)12-8-10(2-3-13(12)14)15-6-4-11(17)5-7-15/h2-3,8,11,17H,4-7,14H2,1H3. The summed E-state index contributed by atoms with van der Waals surface area (Å²) in [5.41, 5.74) is 7.88. The summed E-state index contributed by atoms with van der Waals surface area (Å²) in [5.74, 6) is -0.0126. The van der Waals surface area contributed by atoms with Crippen LogP contribution in [0, 0.1) is 0 Å². The molecule has 0 aromatic heterocycles. The molecule has 1 aromatic carbocycles. The first kappa shape index (κ1) is 11.9. The third kappa shape index (κ3) is 2.58. The Kier molecular flexibility index (Phi) is 3.33. The van der Waals surface area contributed by atoms with Gasteiger partial charge >= 0.3 is 0 Å². The Labute approximate surface area is 101 Å². The van der Waals surface area contributed by atoms with Crippen molar-refractivity contribution in [2.45, 2.75) is 25.9 Å². The Hall–Kier alpha value is -1.55. The first-order valence-electron chi connectivity index (χ1n) is 5.91. The highest BCUT2D eigenvalue weighted by molar-refractivity contribution is 6.00. The van der Waals surface area contributed by atoms with Crippen molar-refractivity contribution in [3.8, 4) is 0 Å². The van der Waals surface area contributed by atoms with Crippen LogP contribution in [0.3, 0.4) is 0 Å². The number of nitrogen functional groups attached to an aromatic ring is 1. The molecule has 92 valence electrons. The molecule has 1 aromatic rings. The van der Waals surface area contributed by atoms with Crippen LogP contribution in [0.4, 0.5) is 11.4 Å². The first-order valence-corrected chi connectivity index (χ1v) is 5.91. The molecule has 0 saturated carbocycles. The summed E-state index contributed by atoms with van der Waals surface area (Å²) in [6.07, 6.45) is 1.37.